The second kappa shape index (κ2) is 10.6. The summed E-state index contributed by atoms with van der Waals surface area (Å²) in [5.74, 6) is 1.16. The molecule has 5 heteroatoms. The highest BCUT2D eigenvalue weighted by Crippen LogP contribution is 2.19. The van der Waals surface area contributed by atoms with E-state index in [1.165, 1.54) is 22.9 Å². The van der Waals surface area contributed by atoms with Crippen LogP contribution in [0.2, 0.25) is 0 Å². The zero-order valence-corrected chi connectivity index (χ0v) is 17.4. The minimum absolute atomic E-state index is 0.183. The van der Waals surface area contributed by atoms with Crippen molar-refractivity contribution < 1.29 is 9.90 Å². The average Bonchev–Trinajstić information content (AvgIpc) is 2.96. The Hall–Kier alpha value is -1.82. The maximum absolute atomic E-state index is 12.6. The third kappa shape index (κ3) is 6.09. The van der Waals surface area contributed by atoms with Crippen LogP contribution in [-0.4, -0.2) is 58.5 Å². The Kier molecular flexibility index (Phi) is 7.95. The molecule has 3 rings (SSSR count). The second-order valence-corrected chi connectivity index (χ2v) is 8.41. The molecule has 1 aliphatic rings. The van der Waals surface area contributed by atoms with Gasteiger partial charge in [0, 0.05) is 38.5 Å². The van der Waals surface area contributed by atoms with Gasteiger partial charge in [0.25, 0.3) is 0 Å². The zero-order chi connectivity index (χ0) is 19.8. The third-order valence-corrected chi connectivity index (χ3v) is 6.28. The predicted octanol–water partition coefficient (Wildman–Crippen LogP) is 3.50. The molecular formula is C23H30N2O2S. The number of aryl methyl sites for hydroxylation is 1. The van der Waals surface area contributed by atoms with Crippen LogP contribution in [0.5, 0.6) is 0 Å². The first-order valence-electron chi connectivity index (χ1n) is 9.99. The summed E-state index contributed by atoms with van der Waals surface area (Å²) < 4.78 is 0. The molecule has 1 unspecified atom stereocenters. The van der Waals surface area contributed by atoms with Crippen LogP contribution >= 0.6 is 11.8 Å². The Balaban J connectivity index is 1.42. The van der Waals surface area contributed by atoms with Gasteiger partial charge >= 0.3 is 0 Å². The van der Waals surface area contributed by atoms with Crippen LogP contribution in [0.15, 0.2) is 54.6 Å². The molecule has 0 saturated carbocycles. The van der Waals surface area contributed by atoms with Crippen LogP contribution in [0.3, 0.4) is 0 Å². The molecule has 1 saturated heterocycles. The number of aliphatic hydroxyl groups excluding tert-OH is 1. The normalized spacial score (nSPS) is 16.6. The zero-order valence-electron chi connectivity index (χ0n) is 16.6. The molecule has 150 valence electrons. The van der Waals surface area contributed by atoms with E-state index in [1.807, 2.05) is 35.2 Å². The highest BCUT2D eigenvalue weighted by Gasteiger charge is 2.20. The van der Waals surface area contributed by atoms with Crippen LogP contribution in [0.1, 0.15) is 29.2 Å². The highest BCUT2D eigenvalue weighted by atomic mass is 32.2. The summed E-state index contributed by atoms with van der Waals surface area (Å²) in [6, 6.07) is 18.2. The maximum atomic E-state index is 12.6. The highest BCUT2D eigenvalue weighted by molar-refractivity contribution is 7.99. The van der Waals surface area contributed by atoms with Crippen molar-refractivity contribution >= 4 is 17.7 Å². The van der Waals surface area contributed by atoms with Crippen molar-refractivity contribution in [2.45, 2.75) is 26.0 Å². The largest absolute Gasteiger partial charge is 0.388 e. The van der Waals surface area contributed by atoms with E-state index in [2.05, 4.69) is 36.1 Å². The lowest BCUT2D eigenvalue weighted by Gasteiger charge is -2.22. The molecule has 1 N–H and O–H groups in total. The van der Waals surface area contributed by atoms with Crippen LogP contribution < -0.4 is 0 Å². The fourth-order valence-electron chi connectivity index (χ4n) is 3.53. The molecule has 1 heterocycles. The molecule has 1 atom stereocenters. The molecule has 4 nitrogen and oxygen atoms in total. The second-order valence-electron chi connectivity index (χ2n) is 7.38. The van der Waals surface area contributed by atoms with Crippen molar-refractivity contribution in [3.05, 3.63) is 71.3 Å². The lowest BCUT2D eigenvalue weighted by molar-refractivity contribution is -0.128. The summed E-state index contributed by atoms with van der Waals surface area (Å²) in [6.45, 7) is 6.66. The summed E-state index contributed by atoms with van der Waals surface area (Å²) in [6.07, 6.45) is 0.488. The number of aliphatic hydroxyl groups is 1. The summed E-state index contributed by atoms with van der Waals surface area (Å²) >= 11 is 1.52. The lowest BCUT2D eigenvalue weighted by Crippen LogP contribution is -2.36. The molecule has 0 spiro atoms. The first-order chi connectivity index (χ1) is 13.6. The van der Waals surface area contributed by atoms with E-state index in [4.69, 9.17) is 0 Å². The molecule has 0 bridgehead atoms. The lowest BCUT2D eigenvalue weighted by atomic mass is 10.1. The molecule has 0 aromatic heterocycles. The minimum Gasteiger partial charge on any atom is -0.388 e. The van der Waals surface area contributed by atoms with Gasteiger partial charge in [-0.05, 0) is 30.0 Å². The van der Waals surface area contributed by atoms with E-state index in [1.54, 1.807) is 0 Å². The van der Waals surface area contributed by atoms with E-state index < -0.39 is 6.10 Å². The molecule has 0 radical (unpaired) electrons. The number of hydrogen-bond donors (Lipinski definition) is 1. The van der Waals surface area contributed by atoms with Crippen molar-refractivity contribution in [2.24, 2.45) is 0 Å². The van der Waals surface area contributed by atoms with Crippen LogP contribution in [0.25, 0.3) is 0 Å². The van der Waals surface area contributed by atoms with Gasteiger partial charge in [0.1, 0.15) is 0 Å². The van der Waals surface area contributed by atoms with Crippen LogP contribution in [0, 0.1) is 6.92 Å². The maximum Gasteiger partial charge on any atom is 0.232 e. The number of nitrogens with zero attached hydrogens (tertiary/aromatic N) is 2. The summed E-state index contributed by atoms with van der Waals surface area (Å²) in [7, 11) is 0. The summed E-state index contributed by atoms with van der Waals surface area (Å²) in [5, 5.41) is 10.2. The number of carbonyl (C=O) groups is 1. The molecule has 2 aromatic carbocycles. The number of rotatable bonds is 7. The van der Waals surface area contributed by atoms with Crippen molar-refractivity contribution in [2.75, 3.05) is 37.7 Å². The fourth-order valence-corrected chi connectivity index (χ4v) is 4.42. The van der Waals surface area contributed by atoms with Gasteiger partial charge in [-0.25, -0.2) is 0 Å². The van der Waals surface area contributed by atoms with Crippen molar-refractivity contribution in [1.82, 2.24) is 9.80 Å². The smallest absolute Gasteiger partial charge is 0.232 e. The van der Waals surface area contributed by atoms with Gasteiger partial charge in [0.2, 0.25) is 5.91 Å². The quantitative estimate of drug-likeness (QED) is 0.775. The first-order valence-corrected chi connectivity index (χ1v) is 11.1. The monoisotopic (exact) mass is 398 g/mol. The Morgan fingerprint density at radius 1 is 1.04 bits per heavy atom. The summed E-state index contributed by atoms with van der Waals surface area (Å²) in [4.78, 5) is 17.0. The number of carbonyl (C=O) groups excluding carboxylic acids is 1. The summed E-state index contributed by atoms with van der Waals surface area (Å²) in [5.41, 5.74) is 3.60. The number of amides is 1. The predicted molar refractivity (Wildman–Crippen MR) is 116 cm³/mol. The molecule has 28 heavy (non-hydrogen) atoms. The minimum atomic E-state index is -0.521. The van der Waals surface area contributed by atoms with Gasteiger partial charge in [-0.15, -0.1) is 11.8 Å². The number of thioether (sulfide) groups is 1. The van der Waals surface area contributed by atoms with Crippen molar-refractivity contribution in [3.63, 3.8) is 0 Å². The van der Waals surface area contributed by atoms with Gasteiger partial charge in [-0.3, -0.25) is 9.69 Å². The van der Waals surface area contributed by atoms with E-state index in [-0.39, 0.29) is 5.91 Å². The van der Waals surface area contributed by atoms with Gasteiger partial charge in [-0.2, -0.15) is 0 Å². The number of benzene rings is 2. The van der Waals surface area contributed by atoms with E-state index in [9.17, 15) is 9.90 Å². The molecule has 1 aliphatic heterocycles. The van der Waals surface area contributed by atoms with E-state index in [0.29, 0.717) is 11.5 Å². The Morgan fingerprint density at radius 3 is 2.57 bits per heavy atom. The topological polar surface area (TPSA) is 43.8 Å². The third-order valence-electron chi connectivity index (χ3n) is 5.28. The Labute approximate surface area is 172 Å². The number of hydrogen-bond acceptors (Lipinski definition) is 4. The van der Waals surface area contributed by atoms with Crippen LogP contribution in [0.4, 0.5) is 0 Å². The van der Waals surface area contributed by atoms with Gasteiger partial charge in [0.15, 0.2) is 0 Å². The fraction of sp³-hybridized carbons (Fsp3) is 0.435. The molecular weight excluding hydrogens is 368 g/mol. The van der Waals surface area contributed by atoms with E-state index in [0.717, 1.165) is 44.7 Å². The van der Waals surface area contributed by atoms with Crippen LogP contribution in [-0.2, 0) is 11.3 Å². The van der Waals surface area contributed by atoms with Crippen molar-refractivity contribution in [1.29, 1.82) is 0 Å². The Bertz CT molecular complexity index is 753. The molecule has 0 aliphatic carbocycles. The first kappa shape index (κ1) is 20.9. The van der Waals surface area contributed by atoms with Gasteiger partial charge in [0.05, 0.1) is 11.9 Å². The average molecular weight is 399 g/mol. The standard InChI is InChI=1S/C23H30N2O2S/c1-19-8-5-6-11-21(19)16-24-12-7-13-25(15-14-24)23(27)18-28-17-22(26)20-9-3-2-4-10-20/h2-6,8-11,22,26H,7,12-18H2,1H3. The van der Waals surface area contributed by atoms with Gasteiger partial charge in [-0.1, -0.05) is 54.6 Å². The molecule has 1 amide bonds. The van der Waals surface area contributed by atoms with E-state index >= 15 is 0 Å². The molecule has 1 fully saturated rings. The Morgan fingerprint density at radius 2 is 1.79 bits per heavy atom. The SMILES string of the molecule is Cc1ccccc1CN1CCCN(C(=O)CSCC(O)c2ccccc2)CC1. The van der Waals surface area contributed by atoms with Gasteiger partial charge < -0.3 is 10.0 Å². The molecule has 2 aromatic rings. The van der Waals surface area contributed by atoms with Crippen molar-refractivity contribution in [3.8, 4) is 0 Å².